The Balaban J connectivity index is 1.99. The summed E-state index contributed by atoms with van der Waals surface area (Å²) in [5.74, 6) is -1.02. The molecule has 1 aliphatic heterocycles. The summed E-state index contributed by atoms with van der Waals surface area (Å²) in [5.41, 5.74) is 0.432. The molecule has 0 bridgehead atoms. The standard InChI is InChI=1S/C15H17FN2O3/c1-2-14(19)18-13-8-11(3-4-12(13)16)17-15(20)7-10-5-6-21-9-10/h2-4,8,10H,1,5-7,9H2,(H,17,20)(H,18,19)/t10-/m1/s1. The third-order valence-corrected chi connectivity index (χ3v) is 3.19. The van der Waals surface area contributed by atoms with Crippen LogP contribution in [-0.2, 0) is 14.3 Å². The molecule has 0 saturated carbocycles. The zero-order valence-electron chi connectivity index (χ0n) is 11.5. The van der Waals surface area contributed by atoms with Gasteiger partial charge in [0.25, 0.3) is 0 Å². The van der Waals surface area contributed by atoms with Crippen molar-refractivity contribution in [3.63, 3.8) is 0 Å². The summed E-state index contributed by atoms with van der Waals surface area (Å²) in [5, 5.41) is 5.03. The van der Waals surface area contributed by atoms with Gasteiger partial charge in [-0.3, -0.25) is 9.59 Å². The smallest absolute Gasteiger partial charge is 0.247 e. The minimum Gasteiger partial charge on any atom is -0.381 e. The molecule has 0 spiro atoms. The number of anilines is 2. The SMILES string of the molecule is C=CC(=O)Nc1cc(NC(=O)C[C@H]2CCOC2)ccc1F. The number of nitrogens with one attached hydrogen (secondary N) is 2. The molecule has 1 aromatic carbocycles. The molecule has 0 aromatic heterocycles. The predicted octanol–water partition coefficient (Wildman–Crippen LogP) is 2.32. The number of hydrogen-bond donors (Lipinski definition) is 2. The molecule has 6 heteroatoms. The first-order valence-electron chi connectivity index (χ1n) is 6.69. The number of ether oxygens (including phenoxy) is 1. The van der Waals surface area contributed by atoms with Gasteiger partial charge in [0.2, 0.25) is 11.8 Å². The van der Waals surface area contributed by atoms with Gasteiger partial charge in [-0.15, -0.1) is 0 Å². The van der Waals surface area contributed by atoms with Crippen LogP contribution >= 0.6 is 0 Å². The fraction of sp³-hybridized carbons (Fsp3) is 0.333. The Hall–Kier alpha value is -2.21. The van der Waals surface area contributed by atoms with Crippen molar-refractivity contribution in [3.8, 4) is 0 Å². The van der Waals surface area contributed by atoms with Crippen LogP contribution < -0.4 is 10.6 Å². The number of carbonyl (C=O) groups is 2. The Bertz CT molecular complexity index is 554. The van der Waals surface area contributed by atoms with Crippen molar-refractivity contribution in [2.75, 3.05) is 23.8 Å². The van der Waals surface area contributed by atoms with E-state index in [1.165, 1.54) is 18.2 Å². The number of halogens is 1. The minimum absolute atomic E-state index is 0.00176. The van der Waals surface area contributed by atoms with E-state index in [4.69, 9.17) is 4.74 Å². The summed E-state index contributed by atoms with van der Waals surface area (Å²) in [6.45, 7) is 4.58. The highest BCUT2D eigenvalue weighted by molar-refractivity contribution is 5.99. The maximum absolute atomic E-state index is 13.6. The van der Waals surface area contributed by atoms with Crippen LogP contribution in [0.2, 0.25) is 0 Å². The van der Waals surface area contributed by atoms with Crippen molar-refractivity contribution in [3.05, 3.63) is 36.7 Å². The number of benzene rings is 1. The van der Waals surface area contributed by atoms with Gasteiger partial charge in [-0.2, -0.15) is 0 Å². The normalized spacial score (nSPS) is 17.3. The van der Waals surface area contributed by atoms with Crippen LogP contribution in [0.5, 0.6) is 0 Å². The Labute approximate surface area is 122 Å². The second kappa shape index (κ2) is 6.99. The Morgan fingerprint density at radius 2 is 2.24 bits per heavy atom. The van der Waals surface area contributed by atoms with Crippen LogP contribution in [0.25, 0.3) is 0 Å². The fourth-order valence-electron chi connectivity index (χ4n) is 2.10. The van der Waals surface area contributed by atoms with Gasteiger partial charge in [-0.05, 0) is 36.6 Å². The van der Waals surface area contributed by atoms with E-state index >= 15 is 0 Å². The molecule has 0 aliphatic carbocycles. The van der Waals surface area contributed by atoms with Crippen LogP contribution in [0.15, 0.2) is 30.9 Å². The number of rotatable bonds is 5. The number of hydrogen-bond acceptors (Lipinski definition) is 3. The summed E-state index contributed by atoms with van der Waals surface area (Å²) >= 11 is 0. The Kier molecular flexibility index (Phi) is 5.05. The first-order valence-corrected chi connectivity index (χ1v) is 6.69. The first kappa shape index (κ1) is 15.2. The van der Waals surface area contributed by atoms with E-state index in [2.05, 4.69) is 17.2 Å². The molecule has 1 atom stereocenters. The molecule has 112 valence electrons. The van der Waals surface area contributed by atoms with Crippen LogP contribution in [0.4, 0.5) is 15.8 Å². The predicted molar refractivity (Wildman–Crippen MR) is 77.4 cm³/mol. The average molecular weight is 292 g/mol. The lowest BCUT2D eigenvalue weighted by Crippen LogP contribution is -2.17. The van der Waals surface area contributed by atoms with E-state index in [1.807, 2.05) is 0 Å². The van der Waals surface area contributed by atoms with Gasteiger partial charge in [0.05, 0.1) is 5.69 Å². The highest BCUT2D eigenvalue weighted by Crippen LogP contribution is 2.21. The van der Waals surface area contributed by atoms with Crippen LogP contribution in [0.1, 0.15) is 12.8 Å². The maximum atomic E-state index is 13.6. The topological polar surface area (TPSA) is 67.4 Å². The van der Waals surface area contributed by atoms with Crippen molar-refractivity contribution >= 4 is 23.2 Å². The zero-order valence-corrected chi connectivity index (χ0v) is 11.5. The zero-order chi connectivity index (χ0) is 15.2. The van der Waals surface area contributed by atoms with Gasteiger partial charge >= 0.3 is 0 Å². The number of carbonyl (C=O) groups excluding carboxylic acids is 2. The largest absolute Gasteiger partial charge is 0.381 e. The molecule has 0 radical (unpaired) electrons. The highest BCUT2D eigenvalue weighted by Gasteiger charge is 2.19. The molecule has 1 saturated heterocycles. The molecule has 5 nitrogen and oxygen atoms in total. The van der Waals surface area contributed by atoms with Crippen molar-refractivity contribution < 1.29 is 18.7 Å². The molecule has 21 heavy (non-hydrogen) atoms. The summed E-state index contributed by atoms with van der Waals surface area (Å²) in [4.78, 5) is 23.1. The van der Waals surface area contributed by atoms with Gasteiger partial charge in [-0.25, -0.2) is 4.39 Å². The van der Waals surface area contributed by atoms with Gasteiger partial charge in [0.15, 0.2) is 0 Å². The maximum Gasteiger partial charge on any atom is 0.247 e. The quantitative estimate of drug-likeness (QED) is 0.818. The molecule has 0 unspecified atom stereocenters. The molecule has 1 aliphatic rings. The third kappa shape index (κ3) is 4.39. The van der Waals surface area contributed by atoms with Gasteiger partial charge in [-0.1, -0.05) is 6.58 Å². The van der Waals surface area contributed by atoms with Crippen LogP contribution in [-0.4, -0.2) is 25.0 Å². The molecule has 2 N–H and O–H groups in total. The lowest BCUT2D eigenvalue weighted by Gasteiger charge is -2.10. The Morgan fingerprint density at radius 1 is 1.43 bits per heavy atom. The molecular formula is C15H17FN2O3. The fourth-order valence-corrected chi connectivity index (χ4v) is 2.10. The van der Waals surface area contributed by atoms with E-state index in [0.717, 1.165) is 12.5 Å². The number of amides is 2. The van der Waals surface area contributed by atoms with Gasteiger partial charge in [0.1, 0.15) is 5.82 Å². The Morgan fingerprint density at radius 3 is 2.90 bits per heavy atom. The van der Waals surface area contributed by atoms with E-state index in [9.17, 15) is 14.0 Å². The molecule has 1 aromatic rings. The third-order valence-electron chi connectivity index (χ3n) is 3.19. The highest BCUT2D eigenvalue weighted by atomic mass is 19.1. The lowest BCUT2D eigenvalue weighted by atomic mass is 10.0. The van der Waals surface area contributed by atoms with Crippen molar-refractivity contribution in [1.82, 2.24) is 0 Å². The summed E-state index contributed by atoms with van der Waals surface area (Å²) in [6.07, 6.45) is 2.29. The second-order valence-electron chi connectivity index (χ2n) is 4.87. The molecule has 2 amide bonds. The van der Waals surface area contributed by atoms with Crippen LogP contribution in [0.3, 0.4) is 0 Å². The van der Waals surface area contributed by atoms with Gasteiger partial charge in [0, 0.05) is 25.3 Å². The molecule has 2 rings (SSSR count). The average Bonchev–Trinajstić information content (AvgIpc) is 2.95. The van der Waals surface area contributed by atoms with Crippen molar-refractivity contribution in [2.24, 2.45) is 5.92 Å². The lowest BCUT2D eigenvalue weighted by molar-refractivity contribution is -0.117. The van der Waals surface area contributed by atoms with E-state index in [0.29, 0.717) is 25.3 Å². The van der Waals surface area contributed by atoms with E-state index in [-0.39, 0.29) is 17.5 Å². The molecule has 1 heterocycles. The summed E-state index contributed by atoms with van der Waals surface area (Å²) < 4.78 is 18.8. The van der Waals surface area contributed by atoms with Crippen molar-refractivity contribution in [2.45, 2.75) is 12.8 Å². The summed E-state index contributed by atoms with van der Waals surface area (Å²) in [6, 6.07) is 4.01. The monoisotopic (exact) mass is 292 g/mol. The van der Waals surface area contributed by atoms with Crippen molar-refractivity contribution in [1.29, 1.82) is 0 Å². The summed E-state index contributed by atoms with van der Waals surface area (Å²) in [7, 11) is 0. The van der Waals surface area contributed by atoms with Gasteiger partial charge < -0.3 is 15.4 Å². The second-order valence-corrected chi connectivity index (χ2v) is 4.87. The molecule has 1 fully saturated rings. The molecular weight excluding hydrogens is 275 g/mol. The first-order chi connectivity index (χ1) is 10.1. The van der Waals surface area contributed by atoms with E-state index < -0.39 is 11.7 Å². The minimum atomic E-state index is -0.576. The van der Waals surface area contributed by atoms with E-state index in [1.54, 1.807) is 0 Å². The van der Waals surface area contributed by atoms with Crippen LogP contribution in [0, 0.1) is 11.7 Å².